The summed E-state index contributed by atoms with van der Waals surface area (Å²) in [7, 11) is 4.06. The van der Waals surface area contributed by atoms with Crippen LogP contribution in [-0.4, -0.2) is 25.6 Å². The SMILES string of the molecule is CCCNC(CC)c1ccc(N(C)C)cn1. The second kappa shape index (κ2) is 6.48. The number of hydrogen-bond donors (Lipinski definition) is 1. The minimum atomic E-state index is 0.385. The minimum absolute atomic E-state index is 0.385. The molecule has 0 fully saturated rings. The first-order valence-corrected chi connectivity index (χ1v) is 6.05. The van der Waals surface area contributed by atoms with E-state index in [4.69, 9.17) is 0 Å². The molecule has 1 atom stereocenters. The lowest BCUT2D eigenvalue weighted by atomic mass is 10.1. The van der Waals surface area contributed by atoms with Crippen molar-refractivity contribution in [3.8, 4) is 0 Å². The summed E-state index contributed by atoms with van der Waals surface area (Å²) in [5.41, 5.74) is 2.29. The highest BCUT2D eigenvalue weighted by Gasteiger charge is 2.09. The molecule has 1 N–H and O–H groups in total. The highest BCUT2D eigenvalue weighted by atomic mass is 15.1. The van der Waals surface area contributed by atoms with Gasteiger partial charge >= 0.3 is 0 Å². The van der Waals surface area contributed by atoms with Gasteiger partial charge in [0.1, 0.15) is 0 Å². The first-order valence-electron chi connectivity index (χ1n) is 6.05. The molecule has 0 radical (unpaired) electrons. The highest BCUT2D eigenvalue weighted by molar-refractivity contribution is 5.42. The predicted octanol–water partition coefficient (Wildman–Crippen LogP) is 2.60. The Kier molecular flexibility index (Phi) is 5.26. The average Bonchev–Trinajstić information content (AvgIpc) is 2.30. The van der Waals surface area contributed by atoms with Gasteiger partial charge in [-0.25, -0.2) is 0 Å². The van der Waals surface area contributed by atoms with Crippen LogP contribution in [0, 0.1) is 0 Å². The molecule has 0 bridgehead atoms. The molecule has 3 nitrogen and oxygen atoms in total. The van der Waals surface area contributed by atoms with Crippen molar-refractivity contribution in [2.24, 2.45) is 0 Å². The number of pyridine rings is 1. The van der Waals surface area contributed by atoms with Gasteiger partial charge in [-0.1, -0.05) is 13.8 Å². The number of nitrogens with one attached hydrogen (secondary N) is 1. The quantitative estimate of drug-likeness (QED) is 0.800. The summed E-state index contributed by atoms with van der Waals surface area (Å²) in [6, 6.07) is 4.63. The number of aromatic nitrogens is 1. The Morgan fingerprint density at radius 1 is 1.31 bits per heavy atom. The van der Waals surface area contributed by atoms with Gasteiger partial charge in [0.05, 0.1) is 17.6 Å². The van der Waals surface area contributed by atoms with Crippen LogP contribution in [0.25, 0.3) is 0 Å². The lowest BCUT2D eigenvalue weighted by molar-refractivity contribution is 0.507. The van der Waals surface area contributed by atoms with Gasteiger partial charge < -0.3 is 10.2 Å². The van der Waals surface area contributed by atoms with Crippen molar-refractivity contribution < 1.29 is 0 Å². The molecule has 0 spiro atoms. The fourth-order valence-electron chi connectivity index (χ4n) is 1.64. The van der Waals surface area contributed by atoms with Crippen LogP contribution in [0.5, 0.6) is 0 Å². The molecule has 0 aromatic carbocycles. The maximum Gasteiger partial charge on any atom is 0.0574 e. The smallest absolute Gasteiger partial charge is 0.0574 e. The van der Waals surface area contributed by atoms with E-state index >= 15 is 0 Å². The third kappa shape index (κ3) is 3.49. The summed E-state index contributed by atoms with van der Waals surface area (Å²) in [5.74, 6) is 0. The van der Waals surface area contributed by atoms with Crippen LogP contribution < -0.4 is 10.2 Å². The lowest BCUT2D eigenvalue weighted by Gasteiger charge is -2.17. The summed E-state index contributed by atoms with van der Waals surface area (Å²) in [6.45, 7) is 5.42. The summed E-state index contributed by atoms with van der Waals surface area (Å²) >= 11 is 0. The summed E-state index contributed by atoms with van der Waals surface area (Å²) < 4.78 is 0. The Labute approximate surface area is 98.9 Å². The molecule has 1 aromatic heterocycles. The van der Waals surface area contributed by atoms with Gasteiger partial charge in [-0.05, 0) is 31.5 Å². The van der Waals surface area contributed by atoms with E-state index in [1.807, 2.05) is 20.3 Å². The third-order valence-electron chi connectivity index (χ3n) is 2.69. The largest absolute Gasteiger partial charge is 0.376 e. The Morgan fingerprint density at radius 2 is 2.06 bits per heavy atom. The zero-order valence-electron chi connectivity index (χ0n) is 10.8. The van der Waals surface area contributed by atoms with Gasteiger partial charge in [-0.3, -0.25) is 4.98 Å². The van der Waals surface area contributed by atoms with Crippen LogP contribution in [0.15, 0.2) is 18.3 Å². The van der Waals surface area contributed by atoms with Crippen molar-refractivity contribution in [3.63, 3.8) is 0 Å². The van der Waals surface area contributed by atoms with E-state index in [-0.39, 0.29) is 0 Å². The van der Waals surface area contributed by atoms with Crippen molar-refractivity contribution in [2.45, 2.75) is 32.7 Å². The molecule has 0 aliphatic heterocycles. The van der Waals surface area contributed by atoms with Crippen LogP contribution in [0.1, 0.15) is 38.4 Å². The van der Waals surface area contributed by atoms with Gasteiger partial charge in [-0.15, -0.1) is 0 Å². The number of rotatable bonds is 6. The Balaban J connectivity index is 2.70. The molecule has 1 rings (SSSR count). The molecule has 0 saturated carbocycles. The molecule has 90 valence electrons. The van der Waals surface area contributed by atoms with E-state index in [1.54, 1.807) is 0 Å². The predicted molar refractivity (Wildman–Crippen MR) is 69.9 cm³/mol. The van der Waals surface area contributed by atoms with Crippen molar-refractivity contribution in [1.29, 1.82) is 0 Å². The van der Waals surface area contributed by atoms with Crippen LogP contribution in [0.3, 0.4) is 0 Å². The van der Waals surface area contributed by atoms with Crippen molar-refractivity contribution in [2.75, 3.05) is 25.5 Å². The molecule has 1 unspecified atom stereocenters. The Morgan fingerprint density at radius 3 is 2.50 bits per heavy atom. The highest BCUT2D eigenvalue weighted by Crippen LogP contribution is 2.17. The van der Waals surface area contributed by atoms with Gasteiger partial charge in [-0.2, -0.15) is 0 Å². The van der Waals surface area contributed by atoms with E-state index in [1.165, 1.54) is 0 Å². The summed E-state index contributed by atoms with van der Waals surface area (Å²) in [6.07, 6.45) is 4.17. The number of nitrogens with zero attached hydrogens (tertiary/aromatic N) is 2. The van der Waals surface area contributed by atoms with Crippen LogP contribution in [0.2, 0.25) is 0 Å². The number of hydrogen-bond acceptors (Lipinski definition) is 3. The van der Waals surface area contributed by atoms with E-state index in [2.05, 4.69) is 41.2 Å². The van der Waals surface area contributed by atoms with Crippen molar-refractivity contribution >= 4 is 5.69 Å². The van der Waals surface area contributed by atoms with E-state index in [0.717, 1.165) is 30.8 Å². The monoisotopic (exact) mass is 221 g/mol. The average molecular weight is 221 g/mol. The van der Waals surface area contributed by atoms with Crippen LogP contribution >= 0.6 is 0 Å². The van der Waals surface area contributed by atoms with Gasteiger partial charge in [0.15, 0.2) is 0 Å². The Hall–Kier alpha value is -1.09. The molecule has 0 amide bonds. The third-order valence-corrected chi connectivity index (χ3v) is 2.69. The van der Waals surface area contributed by atoms with Gasteiger partial charge in [0, 0.05) is 20.1 Å². The number of anilines is 1. The molecular weight excluding hydrogens is 198 g/mol. The van der Waals surface area contributed by atoms with E-state index in [0.29, 0.717) is 6.04 Å². The maximum absolute atomic E-state index is 4.52. The van der Waals surface area contributed by atoms with Gasteiger partial charge in [0.2, 0.25) is 0 Å². The summed E-state index contributed by atoms with van der Waals surface area (Å²) in [5, 5.41) is 3.51. The summed E-state index contributed by atoms with van der Waals surface area (Å²) in [4.78, 5) is 6.59. The second-order valence-corrected chi connectivity index (χ2v) is 4.25. The van der Waals surface area contributed by atoms with Crippen molar-refractivity contribution in [3.05, 3.63) is 24.0 Å². The molecule has 0 saturated heterocycles. The molecule has 0 aliphatic rings. The van der Waals surface area contributed by atoms with E-state index < -0.39 is 0 Å². The Bertz CT molecular complexity index is 293. The first kappa shape index (κ1) is 13.0. The minimum Gasteiger partial charge on any atom is -0.376 e. The second-order valence-electron chi connectivity index (χ2n) is 4.25. The van der Waals surface area contributed by atoms with E-state index in [9.17, 15) is 0 Å². The standard InChI is InChI=1S/C13H23N3/c1-5-9-14-12(6-2)13-8-7-11(10-15-13)16(3)4/h7-8,10,12,14H,5-6,9H2,1-4H3. The molecule has 1 aromatic rings. The molecule has 3 heteroatoms. The zero-order valence-corrected chi connectivity index (χ0v) is 10.8. The van der Waals surface area contributed by atoms with Gasteiger partial charge in [0.25, 0.3) is 0 Å². The maximum atomic E-state index is 4.52. The lowest BCUT2D eigenvalue weighted by Crippen LogP contribution is -2.22. The molecular formula is C13H23N3. The molecule has 0 aliphatic carbocycles. The zero-order chi connectivity index (χ0) is 12.0. The molecule has 16 heavy (non-hydrogen) atoms. The van der Waals surface area contributed by atoms with Crippen molar-refractivity contribution in [1.82, 2.24) is 10.3 Å². The fraction of sp³-hybridized carbons (Fsp3) is 0.615. The van der Waals surface area contributed by atoms with Crippen LogP contribution in [0.4, 0.5) is 5.69 Å². The normalized spacial score (nSPS) is 12.5. The van der Waals surface area contributed by atoms with Crippen LogP contribution in [-0.2, 0) is 0 Å². The topological polar surface area (TPSA) is 28.2 Å². The molecule has 1 heterocycles. The first-order chi connectivity index (χ1) is 7.69. The fourth-order valence-corrected chi connectivity index (χ4v) is 1.64.